The van der Waals surface area contributed by atoms with E-state index in [9.17, 15) is 4.79 Å². The molecule has 1 aromatic carbocycles. The SMILES string of the molecule is CC(C)(C)c1ccc(CC(=O)c2ccc(Cl)o2)cc1. The Morgan fingerprint density at radius 2 is 1.74 bits per heavy atom. The van der Waals surface area contributed by atoms with Crippen LogP contribution in [-0.4, -0.2) is 5.78 Å². The molecular formula is C16H17ClO2. The molecule has 19 heavy (non-hydrogen) atoms. The standard InChI is InChI=1S/C16H17ClO2/c1-16(2,3)12-6-4-11(5-7-12)10-13(18)14-8-9-15(17)19-14/h4-9H,10H2,1-3H3. The normalized spacial score (nSPS) is 11.6. The Kier molecular flexibility index (Phi) is 3.81. The molecule has 0 spiro atoms. The third kappa shape index (κ3) is 3.48. The highest BCUT2D eigenvalue weighted by Gasteiger charge is 2.15. The summed E-state index contributed by atoms with van der Waals surface area (Å²) in [7, 11) is 0. The van der Waals surface area contributed by atoms with Crippen molar-refractivity contribution in [3.8, 4) is 0 Å². The van der Waals surface area contributed by atoms with Crippen LogP contribution < -0.4 is 0 Å². The fourth-order valence-electron chi connectivity index (χ4n) is 1.86. The minimum absolute atomic E-state index is 0.0598. The quantitative estimate of drug-likeness (QED) is 0.764. The molecule has 0 aliphatic heterocycles. The number of carbonyl (C=O) groups excluding carboxylic acids is 1. The number of Topliss-reactive ketones (excluding diaryl/α,β-unsaturated/α-hetero) is 1. The van der Waals surface area contributed by atoms with Gasteiger partial charge in [0.1, 0.15) is 0 Å². The summed E-state index contributed by atoms with van der Waals surface area (Å²) < 4.78 is 5.11. The lowest BCUT2D eigenvalue weighted by Crippen LogP contribution is -2.11. The number of hydrogen-bond donors (Lipinski definition) is 0. The van der Waals surface area contributed by atoms with Crippen LogP contribution in [0.25, 0.3) is 0 Å². The van der Waals surface area contributed by atoms with Crippen molar-refractivity contribution < 1.29 is 9.21 Å². The number of halogens is 1. The van der Waals surface area contributed by atoms with Crippen LogP contribution in [0.2, 0.25) is 5.22 Å². The first-order valence-electron chi connectivity index (χ1n) is 6.24. The Morgan fingerprint density at radius 3 is 2.21 bits per heavy atom. The summed E-state index contributed by atoms with van der Waals surface area (Å²) in [5.74, 6) is 0.250. The molecule has 1 aromatic heterocycles. The van der Waals surface area contributed by atoms with Crippen LogP contribution in [0.3, 0.4) is 0 Å². The first kappa shape index (κ1) is 13.9. The zero-order valence-electron chi connectivity index (χ0n) is 11.4. The number of benzene rings is 1. The summed E-state index contributed by atoms with van der Waals surface area (Å²) in [6.07, 6.45) is 0.328. The van der Waals surface area contributed by atoms with Crippen molar-refractivity contribution in [3.05, 3.63) is 58.5 Å². The molecule has 0 saturated carbocycles. The molecule has 1 heterocycles. The van der Waals surface area contributed by atoms with Gasteiger partial charge < -0.3 is 4.42 Å². The van der Waals surface area contributed by atoms with Gasteiger partial charge in [-0.1, -0.05) is 45.0 Å². The fourth-order valence-corrected chi connectivity index (χ4v) is 2.01. The van der Waals surface area contributed by atoms with Crippen LogP contribution in [0.5, 0.6) is 0 Å². The Balaban J connectivity index is 2.10. The van der Waals surface area contributed by atoms with Gasteiger partial charge in [0.2, 0.25) is 5.78 Å². The van der Waals surface area contributed by atoms with Crippen molar-refractivity contribution in [2.45, 2.75) is 32.6 Å². The molecule has 0 amide bonds. The van der Waals surface area contributed by atoms with Crippen LogP contribution in [0.1, 0.15) is 42.5 Å². The average Bonchev–Trinajstić information content (AvgIpc) is 2.75. The van der Waals surface area contributed by atoms with E-state index in [1.54, 1.807) is 12.1 Å². The predicted octanol–water partition coefficient (Wildman–Crippen LogP) is 4.66. The van der Waals surface area contributed by atoms with E-state index < -0.39 is 0 Å². The summed E-state index contributed by atoms with van der Waals surface area (Å²) in [5.41, 5.74) is 2.35. The lowest BCUT2D eigenvalue weighted by molar-refractivity contribution is 0.0966. The van der Waals surface area contributed by atoms with Gasteiger partial charge in [0.25, 0.3) is 0 Å². The highest BCUT2D eigenvalue weighted by Crippen LogP contribution is 2.23. The van der Waals surface area contributed by atoms with Crippen molar-refractivity contribution in [2.24, 2.45) is 0 Å². The van der Waals surface area contributed by atoms with E-state index in [1.165, 1.54) is 5.56 Å². The fraction of sp³-hybridized carbons (Fsp3) is 0.312. The number of hydrogen-bond acceptors (Lipinski definition) is 2. The van der Waals surface area contributed by atoms with Gasteiger partial charge in [0.05, 0.1) is 0 Å². The van der Waals surface area contributed by atoms with Gasteiger partial charge in [-0.25, -0.2) is 0 Å². The second kappa shape index (κ2) is 5.22. The largest absolute Gasteiger partial charge is 0.442 e. The summed E-state index contributed by atoms with van der Waals surface area (Å²) in [5, 5.41) is 0.242. The molecule has 0 bridgehead atoms. The third-order valence-electron chi connectivity index (χ3n) is 3.03. The van der Waals surface area contributed by atoms with Crippen LogP contribution in [0.4, 0.5) is 0 Å². The van der Waals surface area contributed by atoms with Crippen molar-refractivity contribution in [1.82, 2.24) is 0 Å². The molecule has 0 unspecified atom stereocenters. The minimum atomic E-state index is -0.0598. The molecule has 100 valence electrons. The van der Waals surface area contributed by atoms with Gasteiger partial charge in [-0.05, 0) is 40.3 Å². The van der Waals surface area contributed by atoms with Crippen LogP contribution in [0.15, 0.2) is 40.8 Å². The Labute approximate surface area is 118 Å². The van der Waals surface area contributed by atoms with E-state index in [4.69, 9.17) is 16.0 Å². The van der Waals surface area contributed by atoms with Gasteiger partial charge in [0, 0.05) is 6.42 Å². The van der Waals surface area contributed by atoms with Gasteiger partial charge in [0.15, 0.2) is 11.0 Å². The smallest absolute Gasteiger partial charge is 0.202 e. The van der Waals surface area contributed by atoms with E-state index in [0.29, 0.717) is 12.2 Å². The highest BCUT2D eigenvalue weighted by atomic mass is 35.5. The van der Waals surface area contributed by atoms with E-state index in [-0.39, 0.29) is 16.4 Å². The first-order chi connectivity index (χ1) is 8.86. The maximum absolute atomic E-state index is 12.0. The highest BCUT2D eigenvalue weighted by molar-refractivity contribution is 6.29. The molecule has 3 heteroatoms. The third-order valence-corrected chi connectivity index (χ3v) is 3.24. The Morgan fingerprint density at radius 1 is 1.11 bits per heavy atom. The predicted molar refractivity (Wildman–Crippen MR) is 76.9 cm³/mol. The molecule has 2 aromatic rings. The van der Waals surface area contributed by atoms with Crippen LogP contribution in [0, 0.1) is 0 Å². The molecule has 0 saturated heterocycles. The topological polar surface area (TPSA) is 30.2 Å². The molecule has 0 N–H and O–H groups in total. The van der Waals surface area contributed by atoms with Gasteiger partial charge in [-0.3, -0.25) is 4.79 Å². The second-order valence-electron chi connectivity index (χ2n) is 5.65. The molecule has 0 atom stereocenters. The Bertz CT molecular complexity index is 574. The van der Waals surface area contributed by atoms with Crippen molar-refractivity contribution >= 4 is 17.4 Å². The zero-order chi connectivity index (χ0) is 14.0. The molecule has 0 aliphatic carbocycles. The van der Waals surface area contributed by atoms with E-state index >= 15 is 0 Å². The van der Waals surface area contributed by atoms with Crippen LogP contribution in [-0.2, 0) is 11.8 Å². The number of ketones is 1. The second-order valence-corrected chi connectivity index (χ2v) is 6.02. The molecule has 0 aliphatic rings. The summed E-state index contributed by atoms with van der Waals surface area (Å²) in [6.45, 7) is 6.49. The summed E-state index contributed by atoms with van der Waals surface area (Å²) in [4.78, 5) is 12.0. The lowest BCUT2D eigenvalue weighted by atomic mass is 9.86. The lowest BCUT2D eigenvalue weighted by Gasteiger charge is -2.19. The first-order valence-corrected chi connectivity index (χ1v) is 6.62. The molecule has 0 fully saturated rings. The summed E-state index contributed by atoms with van der Waals surface area (Å²) in [6, 6.07) is 11.3. The molecular weight excluding hydrogens is 260 g/mol. The van der Waals surface area contributed by atoms with Gasteiger partial charge >= 0.3 is 0 Å². The molecule has 2 nitrogen and oxygen atoms in total. The van der Waals surface area contributed by atoms with Crippen LogP contribution >= 0.6 is 11.6 Å². The molecule has 2 rings (SSSR count). The van der Waals surface area contributed by atoms with Crippen molar-refractivity contribution in [1.29, 1.82) is 0 Å². The zero-order valence-corrected chi connectivity index (χ0v) is 12.1. The van der Waals surface area contributed by atoms with E-state index in [0.717, 1.165) is 5.56 Å². The van der Waals surface area contributed by atoms with E-state index in [2.05, 4.69) is 32.9 Å². The maximum Gasteiger partial charge on any atom is 0.202 e. The summed E-state index contributed by atoms with van der Waals surface area (Å²) >= 11 is 5.66. The van der Waals surface area contributed by atoms with Crippen molar-refractivity contribution in [3.63, 3.8) is 0 Å². The monoisotopic (exact) mass is 276 g/mol. The van der Waals surface area contributed by atoms with Crippen molar-refractivity contribution in [2.75, 3.05) is 0 Å². The van der Waals surface area contributed by atoms with Gasteiger partial charge in [-0.2, -0.15) is 0 Å². The van der Waals surface area contributed by atoms with E-state index in [1.807, 2.05) is 12.1 Å². The maximum atomic E-state index is 12.0. The number of furan rings is 1. The van der Waals surface area contributed by atoms with Gasteiger partial charge in [-0.15, -0.1) is 0 Å². The minimum Gasteiger partial charge on any atom is -0.442 e. The molecule has 0 radical (unpaired) electrons. The number of rotatable bonds is 3. The Hall–Kier alpha value is -1.54. The average molecular weight is 277 g/mol. The number of carbonyl (C=O) groups is 1.